The summed E-state index contributed by atoms with van der Waals surface area (Å²) in [5.41, 5.74) is 6.62. The second kappa shape index (κ2) is 11.1. The lowest BCUT2D eigenvalue weighted by Gasteiger charge is -2.18. The highest BCUT2D eigenvalue weighted by Crippen LogP contribution is 2.37. The van der Waals surface area contributed by atoms with E-state index in [1.54, 1.807) is 6.20 Å². The van der Waals surface area contributed by atoms with Crippen LogP contribution in [0.25, 0.3) is 34.4 Å². The normalized spacial score (nSPS) is 13.7. The van der Waals surface area contributed by atoms with E-state index in [9.17, 15) is 9.59 Å². The minimum Gasteiger partial charge on any atom is -0.436 e. The van der Waals surface area contributed by atoms with Gasteiger partial charge in [-0.05, 0) is 56.8 Å². The molecule has 8 heteroatoms. The largest absolute Gasteiger partial charge is 0.436 e. The Hall–Kier alpha value is -4.43. The van der Waals surface area contributed by atoms with Gasteiger partial charge in [-0.15, -0.1) is 0 Å². The number of aromatic nitrogens is 2. The minimum atomic E-state index is -0.198. The zero-order valence-corrected chi connectivity index (χ0v) is 22.7. The topological polar surface area (TPSA) is 103 Å². The van der Waals surface area contributed by atoms with Crippen molar-refractivity contribution in [1.29, 1.82) is 0 Å². The molecule has 0 saturated carbocycles. The number of nitrogens with one attached hydrogen (secondary N) is 3. The van der Waals surface area contributed by atoms with Crippen LogP contribution in [0, 0.1) is 13.8 Å². The average Bonchev–Trinajstić information content (AvgIpc) is 3.63. The molecule has 2 amide bonds. The summed E-state index contributed by atoms with van der Waals surface area (Å²) in [6.07, 6.45) is 3.52. The molecular weight excluding hydrogens is 490 g/mol. The second-order valence-electron chi connectivity index (χ2n) is 9.61. The quantitative estimate of drug-likeness (QED) is 0.251. The molecular formula is C31H33N5O3. The number of anilines is 1. The summed E-state index contributed by atoms with van der Waals surface area (Å²) in [5, 5.41) is 5.97. The summed E-state index contributed by atoms with van der Waals surface area (Å²) >= 11 is 0. The molecule has 3 heterocycles. The molecule has 3 N–H and O–H groups in total. The van der Waals surface area contributed by atoms with Crippen LogP contribution in [0.1, 0.15) is 46.7 Å². The van der Waals surface area contributed by atoms with Gasteiger partial charge in [-0.25, -0.2) is 4.98 Å². The molecule has 1 aliphatic rings. The van der Waals surface area contributed by atoms with E-state index in [0.717, 1.165) is 59.0 Å². The van der Waals surface area contributed by atoms with Crippen LogP contribution in [-0.4, -0.2) is 52.9 Å². The van der Waals surface area contributed by atoms with E-state index in [1.807, 2.05) is 68.5 Å². The van der Waals surface area contributed by atoms with Gasteiger partial charge in [0.05, 0.1) is 17.3 Å². The predicted octanol–water partition coefficient (Wildman–Crippen LogP) is 5.52. The Labute approximate surface area is 228 Å². The molecule has 0 unspecified atom stereocenters. The second-order valence-corrected chi connectivity index (χ2v) is 9.61. The molecule has 2 aromatic carbocycles. The third kappa shape index (κ3) is 5.28. The van der Waals surface area contributed by atoms with Crippen molar-refractivity contribution in [3.63, 3.8) is 0 Å². The van der Waals surface area contributed by atoms with Crippen molar-refractivity contribution in [2.24, 2.45) is 0 Å². The lowest BCUT2D eigenvalue weighted by Crippen LogP contribution is -2.35. The summed E-state index contributed by atoms with van der Waals surface area (Å²) in [6.45, 7) is 11.3. The van der Waals surface area contributed by atoms with Gasteiger partial charge in [0, 0.05) is 46.9 Å². The van der Waals surface area contributed by atoms with E-state index in [2.05, 4.69) is 39.3 Å². The van der Waals surface area contributed by atoms with Gasteiger partial charge in [0.1, 0.15) is 0 Å². The van der Waals surface area contributed by atoms with Crippen molar-refractivity contribution < 1.29 is 14.0 Å². The number of nitrogens with zero attached hydrogens (tertiary/aromatic N) is 2. The molecule has 4 aromatic rings. The number of fused-ring (bicyclic) bond motifs is 1. The van der Waals surface area contributed by atoms with Gasteiger partial charge in [-0.2, -0.15) is 0 Å². The highest BCUT2D eigenvalue weighted by atomic mass is 16.4. The number of hydrogen-bond acceptors (Lipinski definition) is 5. The minimum absolute atomic E-state index is 0.116. The molecule has 0 radical (unpaired) electrons. The van der Waals surface area contributed by atoms with Gasteiger partial charge < -0.3 is 24.9 Å². The molecule has 2 aromatic heterocycles. The molecule has 0 bridgehead atoms. The smallest absolute Gasteiger partial charge is 0.256 e. The Kier molecular flexibility index (Phi) is 7.47. The molecule has 0 atom stereocenters. The van der Waals surface area contributed by atoms with Crippen molar-refractivity contribution in [2.45, 2.75) is 27.7 Å². The molecule has 200 valence electrons. The zero-order valence-electron chi connectivity index (χ0n) is 22.7. The van der Waals surface area contributed by atoms with E-state index in [0.29, 0.717) is 29.3 Å². The first kappa shape index (κ1) is 26.2. The van der Waals surface area contributed by atoms with Crippen molar-refractivity contribution in [1.82, 2.24) is 20.2 Å². The fourth-order valence-electron chi connectivity index (χ4n) is 4.97. The van der Waals surface area contributed by atoms with Crippen LogP contribution in [-0.2, 0) is 4.79 Å². The lowest BCUT2D eigenvalue weighted by molar-refractivity contribution is -0.110. The third-order valence-corrected chi connectivity index (χ3v) is 7.21. The molecule has 39 heavy (non-hydrogen) atoms. The molecule has 1 aliphatic heterocycles. The third-order valence-electron chi connectivity index (χ3n) is 7.21. The van der Waals surface area contributed by atoms with E-state index in [4.69, 9.17) is 4.42 Å². The molecule has 8 nitrogen and oxygen atoms in total. The molecule has 0 aliphatic carbocycles. The van der Waals surface area contributed by atoms with Crippen LogP contribution in [0.15, 0.2) is 59.1 Å². The number of aryl methyl sites for hydroxylation is 1. The average molecular weight is 524 g/mol. The zero-order chi connectivity index (χ0) is 27.5. The number of hydrogen-bond donors (Lipinski definition) is 3. The Morgan fingerprint density at radius 2 is 1.85 bits per heavy atom. The highest BCUT2D eigenvalue weighted by Gasteiger charge is 2.27. The first-order valence-corrected chi connectivity index (χ1v) is 13.3. The maximum absolute atomic E-state index is 13.0. The molecule has 0 fully saturated rings. The molecule has 5 rings (SSSR count). The maximum atomic E-state index is 13.0. The predicted molar refractivity (Wildman–Crippen MR) is 154 cm³/mol. The Morgan fingerprint density at radius 3 is 2.59 bits per heavy atom. The van der Waals surface area contributed by atoms with Crippen LogP contribution in [0.3, 0.4) is 0 Å². The highest BCUT2D eigenvalue weighted by molar-refractivity contribution is 6.35. The van der Waals surface area contributed by atoms with Gasteiger partial charge in [-0.1, -0.05) is 44.2 Å². The van der Waals surface area contributed by atoms with E-state index >= 15 is 0 Å². The Balaban J connectivity index is 1.41. The first-order chi connectivity index (χ1) is 18.9. The van der Waals surface area contributed by atoms with E-state index < -0.39 is 0 Å². The molecule has 0 saturated heterocycles. The summed E-state index contributed by atoms with van der Waals surface area (Å²) in [4.78, 5) is 36.0. The number of aromatic amines is 1. The summed E-state index contributed by atoms with van der Waals surface area (Å²) < 4.78 is 6.03. The summed E-state index contributed by atoms with van der Waals surface area (Å²) in [5.74, 6) is 0.841. The number of oxazole rings is 1. The van der Waals surface area contributed by atoms with Crippen LogP contribution >= 0.6 is 0 Å². The number of carbonyl (C=O) groups excluding carboxylic acids is 2. The van der Waals surface area contributed by atoms with Crippen molar-refractivity contribution >= 4 is 29.2 Å². The maximum Gasteiger partial charge on any atom is 0.256 e. The van der Waals surface area contributed by atoms with Crippen LogP contribution in [0.5, 0.6) is 0 Å². The van der Waals surface area contributed by atoms with Gasteiger partial charge in [-0.3, -0.25) is 9.59 Å². The fourth-order valence-corrected chi connectivity index (χ4v) is 4.97. The SMILES string of the molecule is CCN(CC)CCNC(=O)c1c(C)[nH]c(/C=C2\C(=O)Nc3ccc(-c4ncc(-c5ccccc5)o4)cc32)c1C. The molecule has 0 spiro atoms. The Morgan fingerprint density at radius 1 is 1.08 bits per heavy atom. The van der Waals surface area contributed by atoms with Gasteiger partial charge in [0.15, 0.2) is 5.76 Å². The number of likely N-dealkylation sites (N-methyl/N-ethyl adjacent to an activating group) is 1. The van der Waals surface area contributed by atoms with Crippen LogP contribution < -0.4 is 10.6 Å². The fraction of sp³-hybridized carbons (Fsp3) is 0.258. The van der Waals surface area contributed by atoms with Crippen LogP contribution in [0.2, 0.25) is 0 Å². The summed E-state index contributed by atoms with van der Waals surface area (Å²) in [7, 11) is 0. The van der Waals surface area contributed by atoms with Crippen molar-refractivity contribution in [3.05, 3.63) is 82.8 Å². The number of benzene rings is 2. The van der Waals surface area contributed by atoms with Gasteiger partial charge >= 0.3 is 0 Å². The number of H-pyrrole nitrogens is 1. The van der Waals surface area contributed by atoms with E-state index in [-0.39, 0.29) is 11.8 Å². The van der Waals surface area contributed by atoms with Crippen molar-refractivity contribution in [3.8, 4) is 22.8 Å². The first-order valence-electron chi connectivity index (χ1n) is 13.3. The standard InChI is InChI=1S/C31H33N5O3/c1-5-36(6-2)15-14-32-30(38)28-19(3)26(34-20(28)4)17-24-23-16-22(12-13-25(23)35-29(24)37)31-33-18-27(39-31)21-10-8-7-9-11-21/h7-13,16-18,34H,5-6,14-15H2,1-4H3,(H,32,38)(H,35,37)/b24-17-. The Bertz CT molecular complexity index is 1540. The van der Waals surface area contributed by atoms with Crippen molar-refractivity contribution in [2.75, 3.05) is 31.5 Å². The number of amides is 2. The number of rotatable bonds is 9. The van der Waals surface area contributed by atoms with E-state index in [1.165, 1.54) is 0 Å². The van der Waals surface area contributed by atoms with Gasteiger partial charge in [0.2, 0.25) is 5.89 Å². The number of carbonyl (C=O) groups is 2. The van der Waals surface area contributed by atoms with Gasteiger partial charge in [0.25, 0.3) is 11.8 Å². The van der Waals surface area contributed by atoms with Crippen LogP contribution in [0.4, 0.5) is 5.69 Å². The monoisotopic (exact) mass is 523 g/mol. The summed E-state index contributed by atoms with van der Waals surface area (Å²) in [6, 6.07) is 15.4. The lowest BCUT2D eigenvalue weighted by atomic mass is 10.0.